The zero-order valence-corrected chi connectivity index (χ0v) is 18.2. The van der Waals surface area contributed by atoms with Crippen LogP contribution in [0.5, 0.6) is 0 Å². The van der Waals surface area contributed by atoms with Crippen LogP contribution >= 0.6 is 23.1 Å². The number of amides is 2. The number of rotatable bonds is 4. The average molecular weight is 438 g/mol. The lowest BCUT2D eigenvalue weighted by molar-refractivity contribution is 0.0792. The molecule has 5 nitrogen and oxygen atoms in total. The minimum Gasteiger partial charge on any atom is -0.339 e. The summed E-state index contributed by atoms with van der Waals surface area (Å²) in [5.74, 6) is 2.00. The van der Waals surface area contributed by atoms with Crippen LogP contribution in [-0.2, 0) is 12.2 Å². The highest BCUT2D eigenvalue weighted by atomic mass is 32.2. The molecule has 0 saturated carbocycles. The molecule has 0 radical (unpaired) electrons. The quantitative estimate of drug-likeness (QED) is 0.637. The van der Waals surface area contributed by atoms with E-state index in [9.17, 15) is 9.59 Å². The number of aromatic nitrogens is 1. The van der Waals surface area contributed by atoms with Crippen molar-refractivity contribution in [2.45, 2.75) is 25.0 Å². The highest BCUT2D eigenvalue weighted by Crippen LogP contribution is 2.38. The van der Waals surface area contributed by atoms with Crippen molar-refractivity contribution >= 4 is 40.6 Å². The molecule has 2 aliphatic heterocycles. The van der Waals surface area contributed by atoms with Gasteiger partial charge < -0.3 is 14.8 Å². The molecule has 5 rings (SSSR count). The van der Waals surface area contributed by atoms with E-state index in [4.69, 9.17) is 0 Å². The first-order valence-corrected chi connectivity index (χ1v) is 12.2. The van der Waals surface area contributed by atoms with Crippen LogP contribution in [0.25, 0.3) is 5.00 Å². The number of nitrogens with zero attached hydrogens (tertiary/aromatic N) is 2. The Bertz CT molecular complexity index is 1060. The smallest absolute Gasteiger partial charge is 0.258 e. The van der Waals surface area contributed by atoms with E-state index in [-0.39, 0.29) is 11.8 Å². The first-order chi connectivity index (χ1) is 14.7. The second-order valence-corrected chi connectivity index (χ2v) is 9.80. The molecule has 1 saturated heterocycles. The number of carbonyl (C=O) groups is 2. The SMILES string of the molecule is O=C(Nc1ccc(C(=O)N2CCCC2)cc1)c1c(-n2cccc2)sc2c1CCSC2. The summed E-state index contributed by atoms with van der Waals surface area (Å²) in [5.41, 5.74) is 3.35. The maximum Gasteiger partial charge on any atom is 0.258 e. The molecule has 30 heavy (non-hydrogen) atoms. The Morgan fingerprint density at radius 2 is 1.73 bits per heavy atom. The molecule has 0 unspecified atom stereocenters. The van der Waals surface area contributed by atoms with E-state index in [1.54, 1.807) is 11.3 Å². The second kappa shape index (κ2) is 8.32. The maximum absolute atomic E-state index is 13.3. The van der Waals surface area contributed by atoms with E-state index in [0.29, 0.717) is 11.3 Å². The molecule has 7 heteroatoms. The number of fused-ring (bicyclic) bond motifs is 1. The fourth-order valence-electron chi connectivity index (χ4n) is 4.10. The Labute approximate surface area is 184 Å². The topological polar surface area (TPSA) is 54.3 Å². The lowest BCUT2D eigenvalue weighted by atomic mass is 10.1. The summed E-state index contributed by atoms with van der Waals surface area (Å²) in [7, 11) is 0. The van der Waals surface area contributed by atoms with Crippen molar-refractivity contribution < 1.29 is 9.59 Å². The molecule has 0 atom stereocenters. The average Bonchev–Trinajstić information content (AvgIpc) is 3.54. The first-order valence-electron chi connectivity index (χ1n) is 10.3. The van der Waals surface area contributed by atoms with E-state index < -0.39 is 0 Å². The Morgan fingerprint density at radius 1 is 1.00 bits per heavy atom. The third kappa shape index (κ3) is 3.68. The van der Waals surface area contributed by atoms with E-state index in [1.807, 2.05) is 70.0 Å². The van der Waals surface area contributed by atoms with Crippen molar-refractivity contribution in [3.63, 3.8) is 0 Å². The maximum atomic E-state index is 13.3. The highest BCUT2D eigenvalue weighted by molar-refractivity contribution is 7.98. The van der Waals surface area contributed by atoms with Crippen LogP contribution in [0, 0.1) is 0 Å². The van der Waals surface area contributed by atoms with Crippen LogP contribution in [0.3, 0.4) is 0 Å². The monoisotopic (exact) mass is 437 g/mol. The van der Waals surface area contributed by atoms with Gasteiger partial charge >= 0.3 is 0 Å². The van der Waals surface area contributed by atoms with Gasteiger partial charge in [0.15, 0.2) is 0 Å². The van der Waals surface area contributed by atoms with Gasteiger partial charge in [0.1, 0.15) is 5.00 Å². The van der Waals surface area contributed by atoms with Crippen molar-refractivity contribution in [3.05, 3.63) is 70.4 Å². The normalized spacial score (nSPS) is 15.8. The molecule has 3 aromatic rings. The van der Waals surface area contributed by atoms with Gasteiger partial charge in [0, 0.05) is 47.4 Å². The van der Waals surface area contributed by atoms with Crippen LogP contribution in [0.15, 0.2) is 48.8 Å². The third-order valence-corrected chi connectivity index (χ3v) is 8.06. The minimum absolute atomic E-state index is 0.0738. The largest absolute Gasteiger partial charge is 0.339 e. The summed E-state index contributed by atoms with van der Waals surface area (Å²) >= 11 is 3.63. The number of hydrogen-bond donors (Lipinski definition) is 1. The third-order valence-electron chi connectivity index (χ3n) is 5.65. The lowest BCUT2D eigenvalue weighted by Crippen LogP contribution is -2.27. The standard InChI is InChI=1S/C23H23N3O2S2/c27-21(24-17-7-5-16(6-8-17)22(28)25-10-1-2-11-25)20-18-9-14-29-15-19(18)30-23(20)26-12-3-4-13-26/h3-8,12-13H,1-2,9-11,14-15H2,(H,24,27). The Morgan fingerprint density at radius 3 is 2.47 bits per heavy atom. The molecule has 2 amide bonds. The summed E-state index contributed by atoms with van der Waals surface area (Å²) in [6.07, 6.45) is 7.05. The van der Waals surface area contributed by atoms with Gasteiger partial charge in [-0.3, -0.25) is 9.59 Å². The number of nitrogens with one attached hydrogen (secondary N) is 1. The van der Waals surface area contributed by atoms with Crippen molar-refractivity contribution in [1.82, 2.24) is 9.47 Å². The number of hydrogen-bond acceptors (Lipinski definition) is 4. The first kappa shape index (κ1) is 19.5. The minimum atomic E-state index is -0.0817. The van der Waals surface area contributed by atoms with Gasteiger partial charge in [-0.25, -0.2) is 0 Å². The van der Waals surface area contributed by atoms with Crippen molar-refractivity contribution in [2.24, 2.45) is 0 Å². The van der Waals surface area contributed by atoms with E-state index >= 15 is 0 Å². The molecule has 2 aromatic heterocycles. The fraction of sp³-hybridized carbons (Fsp3) is 0.304. The fourth-order valence-corrected chi connectivity index (χ4v) is 6.54. The molecule has 0 spiro atoms. The lowest BCUT2D eigenvalue weighted by Gasteiger charge is -2.16. The number of carbonyl (C=O) groups excluding carboxylic acids is 2. The Kier molecular flexibility index (Phi) is 5.39. The van der Waals surface area contributed by atoms with Crippen LogP contribution in [0.4, 0.5) is 5.69 Å². The van der Waals surface area contributed by atoms with Gasteiger partial charge in [-0.15, -0.1) is 11.3 Å². The summed E-state index contributed by atoms with van der Waals surface area (Å²) in [4.78, 5) is 29.0. The Hall–Kier alpha value is -2.51. The summed E-state index contributed by atoms with van der Waals surface area (Å²) in [5, 5.41) is 4.03. The molecule has 2 aliphatic rings. The summed E-state index contributed by atoms with van der Waals surface area (Å²) in [6.45, 7) is 1.67. The van der Waals surface area contributed by atoms with Gasteiger partial charge in [-0.1, -0.05) is 0 Å². The number of likely N-dealkylation sites (tertiary alicyclic amines) is 1. The van der Waals surface area contributed by atoms with Crippen LogP contribution < -0.4 is 5.32 Å². The van der Waals surface area contributed by atoms with Gasteiger partial charge in [0.05, 0.1) is 5.56 Å². The molecule has 1 N–H and O–H groups in total. The van der Waals surface area contributed by atoms with E-state index in [2.05, 4.69) is 5.32 Å². The predicted molar refractivity (Wildman–Crippen MR) is 123 cm³/mol. The molecule has 154 valence electrons. The predicted octanol–water partition coefficient (Wildman–Crippen LogP) is 4.82. The molecule has 0 aliphatic carbocycles. The van der Waals surface area contributed by atoms with Gasteiger partial charge in [-0.2, -0.15) is 11.8 Å². The highest BCUT2D eigenvalue weighted by Gasteiger charge is 2.26. The number of thiophene rings is 1. The molecule has 0 bridgehead atoms. The van der Waals surface area contributed by atoms with Gasteiger partial charge in [-0.05, 0) is 67.0 Å². The molecular weight excluding hydrogens is 414 g/mol. The van der Waals surface area contributed by atoms with Crippen LogP contribution in [0.2, 0.25) is 0 Å². The van der Waals surface area contributed by atoms with Crippen molar-refractivity contribution in [2.75, 3.05) is 24.2 Å². The number of anilines is 1. The van der Waals surface area contributed by atoms with E-state index in [0.717, 1.165) is 54.4 Å². The zero-order valence-electron chi connectivity index (χ0n) is 16.6. The zero-order chi connectivity index (χ0) is 20.5. The van der Waals surface area contributed by atoms with Crippen LogP contribution in [0.1, 0.15) is 44.0 Å². The number of thioether (sulfide) groups is 1. The molecular formula is C23H23N3O2S2. The van der Waals surface area contributed by atoms with E-state index in [1.165, 1.54) is 10.4 Å². The number of benzene rings is 1. The van der Waals surface area contributed by atoms with Gasteiger partial charge in [0.25, 0.3) is 11.8 Å². The van der Waals surface area contributed by atoms with Gasteiger partial charge in [0.2, 0.25) is 0 Å². The van der Waals surface area contributed by atoms with Crippen molar-refractivity contribution in [3.8, 4) is 5.00 Å². The second-order valence-electron chi connectivity index (χ2n) is 7.61. The molecule has 4 heterocycles. The molecule has 1 fully saturated rings. The van der Waals surface area contributed by atoms with Crippen LogP contribution in [-0.4, -0.2) is 40.1 Å². The van der Waals surface area contributed by atoms with Crippen molar-refractivity contribution in [1.29, 1.82) is 0 Å². The molecule has 1 aromatic carbocycles. The summed E-state index contributed by atoms with van der Waals surface area (Å²) < 4.78 is 2.03. The Balaban J connectivity index is 1.39. The summed E-state index contributed by atoms with van der Waals surface area (Å²) in [6, 6.07) is 11.2.